The smallest absolute Gasteiger partial charge is 0.220 e. The van der Waals surface area contributed by atoms with Crippen molar-refractivity contribution >= 4 is 5.91 Å². The zero-order chi connectivity index (χ0) is 45.6. The van der Waals surface area contributed by atoms with Gasteiger partial charge in [-0.3, -0.25) is 4.79 Å². The molecule has 4 nitrogen and oxygen atoms in total. The summed E-state index contributed by atoms with van der Waals surface area (Å²) in [6.07, 6.45) is 73.6. The number of allylic oxidation sites excluding steroid dienone is 3. The van der Waals surface area contributed by atoms with E-state index in [-0.39, 0.29) is 12.5 Å². The molecule has 3 N–H and O–H groups in total. The summed E-state index contributed by atoms with van der Waals surface area (Å²) in [4.78, 5) is 12.5. The quantitative estimate of drug-likeness (QED) is 0.0421. The third-order valence-corrected chi connectivity index (χ3v) is 13.7. The molecule has 63 heavy (non-hydrogen) atoms. The molecule has 4 heteroatoms. The number of rotatable bonds is 54. The molecule has 0 spiro atoms. The van der Waals surface area contributed by atoms with Gasteiger partial charge in [0.2, 0.25) is 5.91 Å². The minimum atomic E-state index is -0.860. The summed E-state index contributed by atoms with van der Waals surface area (Å²) < 4.78 is 0. The van der Waals surface area contributed by atoms with Crippen LogP contribution in [0.5, 0.6) is 0 Å². The average Bonchev–Trinajstić information content (AvgIpc) is 3.29. The van der Waals surface area contributed by atoms with Crippen LogP contribution in [0.25, 0.3) is 0 Å². The van der Waals surface area contributed by atoms with Gasteiger partial charge in [0, 0.05) is 6.42 Å². The first-order valence-electron chi connectivity index (χ1n) is 29.1. The minimum Gasteiger partial charge on any atom is -0.394 e. The third kappa shape index (κ3) is 51.7. The SMILES string of the molecule is CCCCCCCCCCCCCCCCCCCCCCC/C=C/CC/C=C/C(O)C(CO)NC(=O)CCCCCCCCCCCCCCCCCCCCCCCCCC. The normalized spacial score (nSPS) is 12.9. The Bertz CT molecular complexity index is 916. The van der Waals surface area contributed by atoms with E-state index in [2.05, 4.69) is 31.3 Å². The van der Waals surface area contributed by atoms with Crippen LogP contribution in [0.3, 0.4) is 0 Å². The molecule has 0 aromatic heterocycles. The van der Waals surface area contributed by atoms with Crippen LogP contribution in [0.4, 0.5) is 0 Å². The van der Waals surface area contributed by atoms with Gasteiger partial charge in [-0.1, -0.05) is 314 Å². The molecule has 0 aromatic rings. The van der Waals surface area contributed by atoms with Gasteiger partial charge < -0.3 is 15.5 Å². The van der Waals surface area contributed by atoms with E-state index >= 15 is 0 Å². The largest absolute Gasteiger partial charge is 0.394 e. The third-order valence-electron chi connectivity index (χ3n) is 13.7. The molecule has 0 aliphatic carbocycles. The zero-order valence-corrected chi connectivity index (χ0v) is 43.1. The predicted octanol–water partition coefficient (Wildman–Crippen LogP) is 19.1. The van der Waals surface area contributed by atoms with Gasteiger partial charge in [-0.2, -0.15) is 0 Å². The summed E-state index contributed by atoms with van der Waals surface area (Å²) in [5.41, 5.74) is 0. The summed E-state index contributed by atoms with van der Waals surface area (Å²) in [5.74, 6) is -0.0662. The van der Waals surface area contributed by atoms with Crippen molar-refractivity contribution in [2.75, 3.05) is 6.61 Å². The molecule has 0 fully saturated rings. The maximum Gasteiger partial charge on any atom is 0.220 e. The van der Waals surface area contributed by atoms with E-state index in [0.29, 0.717) is 6.42 Å². The van der Waals surface area contributed by atoms with Crippen LogP contribution in [0.15, 0.2) is 24.3 Å². The lowest BCUT2D eigenvalue weighted by molar-refractivity contribution is -0.123. The second-order valence-corrected chi connectivity index (χ2v) is 20.1. The summed E-state index contributed by atoms with van der Waals surface area (Å²) in [7, 11) is 0. The van der Waals surface area contributed by atoms with Crippen molar-refractivity contribution in [2.24, 2.45) is 0 Å². The van der Waals surface area contributed by atoms with Crippen LogP contribution in [-0.2, 0) is 4.79 Å². The fourth-order valence-corrected chi connectivity index (χ4v) is 9.26. The Hall–Kier alpha value is -1.13. The Morgan fingerprint density at radius 2 is 0.619 bits per heavy atom. The van der Waals surface area contributed by atoms with Gasteiger partial charge in [-0.25, -0.2) is 0 Å². The molecule has 2 unspecified atom stereocenters. The fraction of sp³-hybridized carbons (Fsp3) is 0.915. The maximum absolute atomic E-state index is 12.5. The highest BCUT2D eigenvalue weighted by molar-refractivity contribution is 5.76. The van der Waals surface area contributed by atoms with Crippen LogP contribution in [-0.4, -0.2) is 34.9 Å². The first-order valence-corrected chi connectivity index (χ1v) is 29.1. The van der Waals surface area contributed by atoms with Crippen LogP contribution in [0.2, 0.25) is 0 Å². The molecule has 0 saturated carbocycles. The molecular formula is C59H115NO3. The number of hydrogen-bond donors (Lipinski definition) is 3. The number of carbonyl (C=O) groups excluding carboxylic acids is 1. The van der Waals surface area contributed by atoms with E-state index in [0.717, 1.165) is 32.1 Å². The molecule has 0 radical (unpaired) electrons. The van der Waals surface area contributed by atoms with Gasteiger partial charge in [0.25, 0.3) is 0 Å². The van der Waals surface area contributed by atoms with E-state index in [9.17, 15) is 15.0 Å². The topological polar surface area (TPSA) is 69.6 Å². The Morgan fingerprint density at radius 3 is 0.921 bits per heavy atom. The predicted molar refractivity (Wildman–Crippen MR) is 281 cm³/mol. The molecule has 1 amide bonds. The number of nitrogens with one attached hydrogen (secondary N) is 1. The number of unbranched alkanes of at least 4 members (excludes halogenated alkanes) is 45. The van der Waals surface area contributed by atoms with Crippen LogP contribution in [0, 0.1) is 0 Å². The standard InChI is InChI=1S/C59H115NO3/c1-3-5-7-9-11-13-15-17-19-21-23-25-27-29-30-31-32-34-36-38-40-42-44-46-48-50-52-54-58(62)57(56-61)60-59(63)55-53-51-49-47-45-43-41-39-37-35-33-28-26-24-22-20-18-16-14-12-10-8-6-4-2/h44,46,52,54,57-58,61-62H,3-43,45,47-51,53,55-56H2,1-2H3,(H,60,63)/b46-44+,54-52+. The number of aliphatic hydroxyl groups excluding tert-OH is 2. The zero-order valence-electron chi connectivity index (χ0n) is 43.1. The summed E-state index contributed by atoms with van der Waals surface area (Å²) in [6.45, 7) is 4.34. The molecule has 374 valence electrons. The van der Waals surface area contributed by atoms with Crippen molar-refractivity contribution in [2.45, 2.75) is 341 Å². The average molecular weight is 887 g/mol. The van der Waals surface area contributed by atoms with Gasteiger partial charge in [0.15, 0.2) is 0 Å². The molecular weight excluding hydrogens is 771 g/mol. The highest BCUT2D eigenvalue weighted by Crippen LogP contribution is 2.18. The van der Waals surface area contributed by atoms with Crippen LogP contribution in [0.1, 0.15) is 328 Å². The summed E-state index contributed by atoms with van der Waals surface area (Å²) in [6, 6.07) is -0.636. The fourth-order valence-electron chi connectivity index (χ4n) is 9.26. The van der Waals surface area contributed by atoms with Gasteiger partial charge in [0.05, 0.1) is 18.8 Å². The first-order chi connectivity index (χ1) is 31.2. The van der Waals surface area contributed by atoms with Crippen molar-refractivity contribution in [3.8, 4) is 0 Å². The van der Waals surface area contributed by atoms with Crippen LogP contribution >= 0.6 is 0 Å². The van der Waals surface area contributed by atoms with Crippen molar-refractivity contribution in [3.05, 3.63) is 24.3 Å². The van der Waals surface area contributed by atoms with E-state index in [4.69, 9.17) is 0 Å². The highest BCUT2D eigenvalue weighted by Gasteiger charge is 2.18. The molecule has 0 aliphatic rings. The van der Waals surface area contributed by atoms with Crippen molar-refractivity contribution in [1.82, 2.24) is 5.32 Å². The van der Waals surface area contributed by atoms with E-state index in [1.165, 1.54) is 276 Å². The second kappa shape index (κ2) is 55.2. The number of amides is 1. The lowest BCUT2D eigenvalue weighted by atomic mass is 10.0. The molecule has 0 rings (SSSR count). The van der Waals surface area contributed by atoms with E-state index in [1.807, 2.05) is 6.08 Å². The Morgan fingerprint density at radius 1 is 0.365 bits per heavy atom. The van der Waals surface area contributed by atoms with Crippen molar-refractivity contribution in [3.63, 3.8) is 0 Å². The summed E-state index contributed by atoms with van der Waals surface area (Å²) in [5, 5.41) is 23.2. The molecule has 0 bridgehead atoms. The lowest BCUT2D eigenvalue weighted by Crippen LogP contribution is -2.45. The molecule has 2 atom stereocenters. The van der Waals surface area contributed by atoms with Crippen molar-refractivity contribution in [1.29, 1.82) is 0 Å². The molecule has 0 aromatic carbocycles. The number of hydrogen-bond acceptors (Lipinski definition) is 3. The number of aliphatic hydroxyl groups is 2. The van der Waals surface area contributed by atoms with Gasteiger partial charge in [-0.05, 0) is 32.1 Å². The maximum atomic E-state index is 12.5. The Labute approximate surface area is 396 Å². The first kappa shape index (κ1) is 61.9. The second-order valence-electron chi connectivity index (χ2n) is 20.1. The summed E-state index contributed by atoms with van der Waals surface area (Å²) >= 11 is 0. The molecule has 0 heterocycles. The minimum absolute atomic E-state index is 0.0662. The van der Waals surface area contributed by atoms with E-state index < -0.39 is 12.1 Å². The molecule has 0 saturated heterocycles. The Kier molecular flexibility index (Phi) is 54.2. The van der Waals surface area contributed by atoms with Gasteiger partial charge in [0.1, 0.15) is 0 Å². The van der Waals surface area contributed by atoms with Crippen LogP contribution < -0.4 is 5.32 Å². The van der Waals surface area contributed by atoms with Crippen molar-refractivity contribution < 1.29 is 15.0 Å². The van der Waals surface area contributed by atoms with Gasteiger partial charge in [-0.15, -0.1) is 0 Å². The molecule has 0 aliphatic heterocycles. The number of carbonyl (C=O) groups is 1. The van der Waals surface area contributed by atoms with Gasteiger partial charge >= 0.3 is 0 Å². The Balaban J connectivity index is 3.48. The lowest BCUT2D eigenvalue weighted by Gasteiger charge is -2.19. The monoisotopic (exact) mass is 886 g/mol. The highest BCUT2D eigenvalue weighted by atomic mass is 16.3. The van der Waals surface area contributed by atoms with E-state index in [1.54, 1.807) is 6.08 Å².